The summed E-state index contributed by atoms with van der Waals surface area (Å²) in [6.45, 7) is 2.26. The van der Waals surface area contributed by atoms with Crippen molar-refractivity contribution in [1.82, 2.24) is 4.57 Å². The monoisotopic (exact) mass is 605 g/mol. The predicted molar refractivity (Wildman–Crippen MR) is 195 cm³/mol. The van der Waals surface area contributed by atoms with Crippen LogP contribution in [-0.4, -0.2) is 10.6 Å². The summed E-state index contributed by atoms with van der Waals surface area (Å²) >= 11 is 0. The van der Waals surface area contributed by atoms with Gasteiger partial charge in [0.2, 0.25) is 0 Å². The van der Waals surface area contributed by atoms with Crippen molar-refractivity contribution >= 4 is 27.5 Å². The molecule has 47 heavy (non-hydrogen) atoms. The van der Waals surface area contributed by atoms with Crippen LogP contribution in [0, 0.1) is 11.3 Å². The molecule has 2 heterocycles. The van der Waals surface area contributed by atoms with Crippen molar-refractivity contribution in [3.8, 4) is 34.0 Å². The molecule has 0 N–H and O–H groups in total. The van der Waals surface area contributed by atoms with Crippen LogP contribution in [0.5, 0.6) is 0 Å². The van der Waals surface area contributed by atoms with Gasteiger partial charge in [0.25, 0.3) is 0 Å². The largest absolute Gasteiger partial charge is 0.334 e. The summed E-state index contributed by atoms with van der Waals surface area (Å²) in [5.41, 5.74) is 14.5. The number of rotatable bonds is 4. The molecule has 1 aliphatic heterocycles. The first-order valence-corrected chi connectivity index (χ1v) is 16.8. The number of nitrogens with zero attached hydrogens (tertiary/aromatic N) is 3. The fourth-order valence-corrected chi connectivity index (χ4v) is 8.23. The highest BCUT2D eigenvalue weighted by molar-refractivity contribution is 6.14. The Morgan fingerprint density at radius 2 is 1.62 bits per heavy atom. The van der Waals surface area contributed by atoms with Gasteiger partial charge in [0.1, 0.15) is 0 Å². The molecule has 0 radical (unpaired) electrons. The second-order valence-electron chi connectivity index (χ2n) is 13.2. The van der Waals surface area contributed by atoms with Gasteiger partial charge in [0.05, 0.1) is 28.7 Å². The number of hydrogen-bond acceptors (Lipinski definition) is 2. The lowest BCUT2D eigenvalue weighted by atomic mass is 9.85. The van der Waals surface area contributed by atoms with Crippen molar-refractivity contribution < 1.29 is 0 Å². The molecule has 0 saturated carbocycles. The quantitative estimate of drug-likeness (QED) is 0.187. The summed E-state index contributed by atoms with van der Waals surface area (Å²) in [5, 5.41) is 12.0. The first kappa shape index (κ1) is 27.7. The van der Waals surface area contributed by atoms with Gasteiger partial charge < -0.3 is 9.47 Å². The van der Waals surface area contributed by atoms with E-state index in [1.54, 1.807) is 0 Å². The van der Waals surface area contributed by atoms with E-state index >= 15 is 0 Å². The summed E-state index contributed by atoms with van der Waals surface area (Å²) in [6.07, 6.45) is 14.2. The molecule has 6 aromatic rings. The normalized spacial score (nSPS) is 18.5. The minimum absolute atomic E-state index is 0.382. The van der Waals surface area contributed by atoms with Crippen molar-refractivity contribution in [2.45, 2.75) is 44.6 Å². The fraction of sp³-hybridized carbons (Fsp3) is 0.159. The number of hydrogen-bond donors (Lipinski definition) is 0. The maximum Gasteiger partial charge on any atom is 0.0991 e. The minimum Gasteiger partial charge on any atom is -0.334 e. The van der Waals surface area contributed by atoms with Crippen LogP contribution in [0.3, 0.4) is 0 Å². The van der Waals surface area contributed by atoms with E-state index in [0.29, 0.717) is 17.5 Å². The van der Waals surface area contributed by atoms with Crippen LogP contribution in [0.25, 0.3) is 49.7 Å². The van der Waals surface area contributed by atoms with Crippen molar-refractivity contribution in [3.63, 3.8) is 0 Å². The van der Waals surface area contributed by atoms with Crippen LogP contribution in [0.15, 0.2) is 145 Å². The number of nitriles is 1. The van der Waals surface area contributed by atoms with Crippen molar-refractivity contribution in [2.75, 3.05) is 4.90 Å². The van der Waals surface area contributed by atoms with Crippen LogP contribution in [0.2, 0.25) is 0 Å². The first-order chi connectivity index (χ1) is 23.2. The van der Waals surface area contributed by atoms with Crippen molar-refractivity contribution in [1.29, 1.82) is 5.26 Å². The molecule has 5 aromatic carbocycles. The predicted octanol–water partition coefficient (Wildman–Crippen LogP) is 11.2. The highest BCUT2D eigenvalue weighted by Crippen LogP contribution is 2.49. The topological polar surface area (TPSA) is 32.0 Å². The molecule has 3 nitrogen and oxygen atoms in total. The van der Waals surface area contributed by atoms with Gasteiger partial charge in [-0.15, -0.1) is 0 Å². The summed E-state index contributed by atoms with van der Waals surface area (Å²) in [7, 11) is 0. The summed E-state index contributed by atoms with van der Waals surface area (Å²) in [4.78, 5) is 2.60. The Labute approximate surface area is 276 Å². The van der Waals surface area contributed by atoms with E-state index in [0.717, 1.165) is 46.8 Å². The Kier molecular flexibility index (Phi) is 6.50. The fourth-order valence-electron chi connectivity index (χ4n) is 8.23. The Morgan fingerprint density at radius 1 is 0.766 bits per heavy atom. The average molecular weight is 606 g/mol. The van der Waals surface area contributed by atoms with Crippen LogP contribution in [-0.2, 0) is 0 Å². The van der Waals surface area contributed by atoms with E-state index in [1.807, 2.05) is 12.1 Å². The van der Waals surface area contributed by atoms with E-state index < -0.39 is 0 Å². The van der Waals surface area contributed by atoms with Gasteiger partial charge >= 0.3 is 0 Å². The highest BCUT2D eigenvalue weighted by atomic mass is 15.2. The Morgan fingerprint density at radius 3 is 2.49 bits per heavy atom. The average Bonchev–Trinajstić information content (AvgIpc) is 3.64. The number of aromatic nitrogens is 1. The standard InChI is InChI=1S/C44H35N3/c1-29-10-7-15-35(24-29)46-41-19-6-5-16-37(41)40-27-32(21-23-42(40)46)31-11-8-12-33(26-31)36-17-9-18-38-39-25-30(28-45)20-22-43(39)47(44(36)38)34-13-3-2-4-14-34/h2-4,6,8-9,11-15,17-27,37,41H,5,7,10,16H2,1H3. The van der Waals surface area contributed by atoms with Gasteiger partial charge in [0, 0.05) is 39.3 Å². The van der Waals surface area contributed by atoms with E-state index in [9.17, 15) is 5.26 Å². The zero-order chi connectivity index (χ0) is 31.5. The molecule has 3 aliphatic rings. The molecule has 9 rings (SSSR count). The van der Waals surface area contributed by atoms with E-state index in [4.69, 9.17) is 0 Å². The van der Waals surface area contributed by atoms with Gasteiger partial charge in [-0.3, -0.25) is 0 Å². The zero-order valence-electron chi connectivity index (χ0n) is 26.5. The molecular weight excluding hydrogens is 571 g/mol. The smallest absolute Gasteiger partial charge is 0.0991 e. The summed E-state index contributed by atoms with van der Waals surface area (Å²) in [5.74, 6) is 0.503. The van der Waals surface area contributed by atoms with E-state index in [-0.39, 0.29) is 0 Å². The van der Waals surface area contributed by atoms with Crippen LogP contribution < -0.4 is 4.90 Å². The Balaban J connectivity index is 1.19. The van der Waals surface area contributed by atoms with Crippen LogP contribution in [0.4, 0.5) is 5.69 Å². The van der Waals surface area contributed by atoms with Crippen LogP contribution in [0.1, 0.15) is 49.7 Å². The van der Waals surface area contributed by atoms with Crippen molar-refractivity contribution in [3.05, 3.63) is 156 Å². The number of para-hydroxylation sites is 2. The SMILES string of the molecule is CC1=CC(N2c3ccc(-c4cccc(-c5cccc6c7cc(C#N)ccc7n(-c7ccccc7)c56)c4)cc3C3CCC=CC32)=CCC1. The molecule has 1 aromatic heterocycles. The number of fused-ring (bicyclic) bond motifs is 6. The second-order valence-corrected chi connectivity index (χ2v) is 13.2. The molecule has 0 spiro atoms. The maximum atomic E-state index is 9.71. The van der Waals surface area contributed by atoms with Gasteiger partial charge in [-0.2, -0.15) is 5.26 Å². The molecule has 2 aliphatic carbocycles. The molecular formula is C44H35N3. The minimum atomic E-state index is 0.382. The second kappa shape index (κ2) is 11.0. The summed E-state index contributed by atoms with van der Waals surface area (Å²) < 4.78 is 2.35. The lowest BCUT2D eigenvalue weighted by molar-refractivity contribution is 0.566. The third kappa shape index (κ3) is 4.48. The molecule has 0 bridgehead atoms. The molecule has 226 valence electrons. The van der Waals surface area contributed by atoms with E-state index in [1.165, 1.54) is 51.2 Å². The molecule has 0 amide bonds. The maximum absolute atomic E-state index is 9.71. The highest BCUT2D eigenvalue weighted by Gasteiger charge is 2.39. The van der Waals surface area contributed by atoms with E-state index in [2.05, 4.69) is 144 Å². The lowest BCUT2D eigenvalue weighted by Gasteiger charge is -2.32. The number of benzene rings is 5. The van der Waals surface area contributed by atoms with Gasteiger partial charge in [0.15, 0.2) is 0 Å². The van der Waals surface area contributed by atoms with Crippen molar-refractivity contribution in [2.24, 2.45) is 0 Å². The third-order valence-electron chi connectivity index (χ3n) is 10.4. The number of allylic oxidation sites excluding steroid dienone is 4. The van der Waals surface area contributed by atoms with Crippen LogP contribution >= 0.6 is 0 Å². The molecule has 3 heteroatoms. The number of anilines is 1. The van der Waals surface area contributed by atoms with Gasteiger partial charge in [-0.05, 0) is 109 Å². The Hall–Kier alpha value is -5.59. The van der Waals surface area contributed by atoms with Gasteiger partial charge in [-0.1, -0.05) is 84.5 Å². The first-order valence-electron chi connectivity index (χ1n) is 16.8. The molecule has 0 fully saturated rings. The van der Waals surface area contributed by atoms with Gasteiger partial charge in [-0.25, -0.2) is 0 Å². The zero-order valence-corrected chi connectivity index (χ0v) is 26.5. The summed E-state index contributed by atoms with van der Waals surface area (Å²) in [6, 6.07) is 42.0. The third-order valence-corrected chi connectivity index (χ3v) is 10.4. The molecule has 2 unspecified atom stereocenters. The molecule has 2 atom stereocenters. The lowest BCUT2D eigenvalue weighted by Crippen LogP contribution is -2.33. The molecule has 0 saturated heterocycles. The Bertz CT molecular complexity index is 2340.